The highest BCUT2D eigenvalue weighted by atomic mass is 32.1. The maximum atomic E-state index is 12.2. The Morgan fingerprint density at radius 1 is 1.25 bits per heavy atom. The smallest absolute Gasteiger partial charge is 0.254 e. The summed E-state index contributed by atoms with van der Waals surface area (Å²) in [5, 5.41) is 6.90. The lowest BCUT2D eigenvalue weighted by Crippen LogP contribution is -2.52. The Bertz CT molecular complexity index is 451. The van der Waals surface area contributed by atoms with Crippen LogP contribution in [0.1, 0.15) is 24.2 Å². The summed E-state index contributed by atoms with van der Waals surface area (Å²) in [6.07, 6.45) is 0. The Morgan fingerprint density at radius 2 is 1.90 bits per heavy atom. The van der Waals surface area contributed by atoms with E-state index >= 15 is 0 Å². The molecule has 0 saturated carbocycles. The summed E-state index contributed by atoms with van der Waals surface area (Å²) in [5.41, 5.74) is 0.747. The first kappa shape index (κ1) is 15.0. The molecule has 5 nitrogen and oxygen atoms in total. The van der Waals surface area contributed by atoms with E-state index in [1.165, 1.54) is 11.3 Å². The predicted molar refractivity (Wildman–Crippen MR) is 79.9 cm³/mol. The SMILES string of the molecule is CC(C)NCC(=O)N1CCN(C(=O)c2ccsc2)CC1. The number of nitrogens with one attached hydrogen (secondary N) is 1. The summed E-state index contributed by atoms with van der Waals surface area (Å²) < 4.78 is 0. The minimum atomic E-state index is 0.0682. The van der Waals surface area contributed by atoms with Crippen molar-refractivity contribution in [1.29, 1.82) is 0 Å². The van der Waals surface area contributed by atoms with Gasteiger partial charge in [0, 0.05) is 37.6 Å². The number of rotatable bonds is 4. The zero-order valence-electron chi connectivity index (χ0n) is 12.0. The Morgan fingerprint density at radius 3 is 2.45 bits per heavy atom. The standard InChI is InChI=1S/C14H21N3O2S/c1-11(2)15-9-13(18)16-4-6-17(7-5-16)14(19)12-3-8-20-10-12/h3,8,10-11,15H,4-7,9H2,1-2H3. The van der Waals surface area contributed by atoms with Crippen LogP contribution in [0.4, 0.5) is 0 Å². The van der Waals surface area contributed by atoms with E-state index in [0.29, 0.717) is 38.8 Å². The molecule has 0 aliphatic carbocycles. The predicted octanol–water partition coefficient (Wildman–Crippen LogP) is 1.03. The van der Waals surface area contributed by atoms with Crippen LogP contribution < -0.4 is 5.32 Å². The maximum Gasteiger partial charge on any atom is 0.254 e. The van der Waals surface area contributed by atoms with Crippen molar-refractivity contribution < 1.29 is 9.59 Å². The normalized spacial score (nSPS) is 15.8. The zero-order valence-corrected chi connectivity index (χ0v) is 12.8. The number of thiophene rings is 1. The quantitative estimate of drug-likeness (QED) is 0.903. The molecule has 0 spiro atoms. The molecular formula is C14H21N3O2S. The van der Waals surface area contributed by atoms with Crippen molar-refractivity contribution in [3.63, 3.8) is 0 Å². The van der Waals surface area contributed by atoms with Crippen molar-refractivity contribution >= 4 is 23.2 Å². The summed E-state index contributed by atoms with van der Waals surface area (Å²) in [4.78, 5) is 27.8. The van der Waals surface area contributed by atoms with Crippen LogP contribution in [-0.4, -0.2) is 60.4 Å². The molecule has 1 fully saturated rings. The van der Waals surface area contributed by atoms with E-state index in [2.05, 4.69) is 5.32 Å². The fourth-order valence-corrected chi connectivity index (χ4v) is 2.76. The number of hydrogen-bond acceptors (Lipinski definition) is 4. The monoisotopic (exact) mass is 295 g/mol. The summed E-state index contributed by atoms with van der Waals surface area (Å²) in [6, 6.07) is 2.15. The number of carbonyl (C=O) groups is 2. The van der Waals surface area contributed by atoms with E-state index in [9.17, 15) is 9.59 Å². The summed E-state index contributed by atoms with van der Waals surface area (Å²) in [5.74, 6) is 0.181. The van der Waals surface area contributed by atoms with Crippen LogP contribution in [0.25, 0.3) is 0 Å². The molecule has 0 bridgehead atoms. The third kappa shape index (κ3) is 3.80. The van der Waals surface area contributed by atoms with Gasteiger partial charge in [0.1, 0.15) is 0 Å². The molecule has 2 heterocycles. The molecule has 1 saturated heterocycles. The van der Waals surface area contributed by atoms with Crippen molar-refractivity contribution in [2.45, 2.75) is 19.9 Å². The highest BCUT2D eigenvalue weighted by molar-refractivity contribution is 7.08. The molecule has 1 aliphatic rings. The lowest BCUT2D eigenvalue weighted by molar-refractivity contribution is -0.131. The van der Waals surface area contributed by atoms with Crippen LogP contribution in [0.3, 0.4) is 0 Å². The van der Waals surface area contributed by atoms with Gasteiger partial charge in [-0.05, 0) is 11.4 Å². The molecule has 110 valence electrons. The minimum absolute atomic E-state index is 0.0682. The summed E-state index contributed by atoms with van der Waals surface area (Å²) in [6.45, 7) is 6.87. The molecule has 0 aromatic carbocycles. The minimum Gasteiger partial charge on any atom is -0.338 e. The fraction of sp³-hybridized carbons (Fsp3) is 0.571. The zero-order chi connectivity index (χ0) is 14.5. The number of amides is 2. The van der Waals surface area contributed by atoms with E-state index in [1.807, 2.05) is 40.5 Å². The summed E-state index contributed by atoms with van der Waals surface area (Å²) in [7, 11) is 0. The maximum absolute atomic E-state index is 12.2. The second kappa shape index (κ2) is 6.85. The van der Waals surface area contributed by atoms with E-state index in [0.717, 1.165) is 5.56 Å². The third-order valence-corrected chi connectivity index (χ3v) is 4.03. The first-order chi connectivity index (χ1) is 9.58. The van der Waals surface area contributed by atoms with Crippen LogP contribution in [0.5, 0.6) is 0 Å². The van der Waals surface area contributed by atoms with Crippen LogP contribution in [0.15, 0.2) is 16.8 Å². The number of carbonyl (C=O) groups excluding carboxylic acids is 2. The van der Waals surface area contributed by atoms with Gasteiger partial charge in [0.05, 0.1) is 12.1 Å². The van der Waals surface area contributed by atoms with Gasteiger partial charge < -0.3 is 15.1 Å². The number of hydrogen-bond donors (Lipinski definition) is 1. The largest absolute Gasteiger partial charge is 0.338 e. The van der Waals surface area contributed by atoms with Gasteiger partial charge in [-0.1, -0.05) is 13.8 Å². The molecule has 20 heavy (non-hydrogen) atoms. The van der Waals surface area contributed by atoms with Gasteiger partial charge in [0.15, 0.2) is 0 Å². The highest BCUT2D eigenvalue weighted by Crippen LogP contribution is 2.11. The molecule has 2 amide bonds. The van der Waals surface area contributed by atoms with Gasteiger partial charge >= 0.3 is 0 Å². The van der Waals surface area contributed by atoms with Gasteiger partial charge in [-0.15, -0.1) is 0 Å². The molecule has 0 radical (unpaired) electrons. The molecule has 1 aromatic rings. The van der Waals surface area contributed by atoms with Crippen molar-refractivity contribution in [3.8, 4) is 0 Å². The van der Waals surface area contributed by atoms with E-state index < -0.39 is 0 Å². The Labute approximate surface area is 123 Å². The Kier molecular flexibility index (Phi) is 5.14. The van der Waals surface area contributed by atoms with Crippen molar-refractivity contribution in [2.24, 2.45) is 0 Å². The fourth-order valence-electron chi connectivity index (χ4n) is 2.13. The molecule has 1 aromatic heterocycles. The second-order valence-electron chi connectivity index (χ2n) is 5.22. The first-order valence-electron chi connectivity index (χ1n) is 6.90. The average molecular weight is 295 g/mol. The number of piperazine rings is 1. The average Bonchev–Trinajstić information content (AvgIpc) is 2.98. The molecule has 2 rings (SSSR count). The Balaban J connectivity index is 1.80. The topological polar surface area (TPSA) is 52.7 Å². The van der Waals surface area contributed by atoms with E-state index in [1.54, 1.807) is 0 Å². The third-order valence-electron chi connectivity index (χ3n) is 3.35. The van der Waals surface area contributed by atoms with Crippen LogP contribution in [-0.2, 0) is 4.79 Å². The number of nitrogens with zero attached hydrogens (tertiary/aromatic N) is 2. The summed E-state index contributed by atoms with van der Waals surface area (Å²) >= 11 is 1.53. The molecule has 0 atom stereocenters. The van der Waals surface area contributed by atoms with Crippen LogP contribution in [0, 0.1) is 0 Å². The van der Waals surface area contributed by atoms with E-state index in [-0.39, 0.29) is 11.8 Å². The lowest BCUT2D eigenvalue weighted by Gasteiger charge is -2.34. The molecular weight excluding hydrogens is 274 g/mol. The highest BCUT2D eigenvalue weighted by Gasteiger charge is 2.24. The van der Waals surface area contributed by atoms with Crippen LogP contribution >= 0.6 is 11.3 Å². The molecule has 1 aliphatic heterocycles. The first-order valence-corrected chi connectivity index (χ1v) is 7.85. The van der Waals surface area contributed by atoms with Crippen molar-refractivity contribution in [1.82, 2.24) is 15.1 Å². The van der Waals surface area contributed by atoms with Crippen LogP contribution in [0.2, 0.25) is 0 Å². The van der Waals surface area contributed by atoms with Gasteiger partial charge in [-0.3, -0.25) is 9.59 Å². The van der Waals surface area contributed by atoms with Gasteiger partial charge in [-0.2, -0.15) is 11.3 Å². The van der Waals surface area contributed by atoms with Gasteiger partial charge in [0.2, 0.25) is 5.91 Å². The van der Waals surface area contributed by atoms with Crippen molar-refractivity contribution in [2.75, 3.05) is 32.7 Å². The molecule has 6 heteroatoms. The van der Waals surface area contributed by atoms with Crippen molar-refractivity contribution in [3.05, 3.63) is 22.4 Å². The Hall–Kier alpha value is -1.40. The second-order valence-corrected chi connectivity index (χ2v) is 6.00. The molecule has 0 unspecified atom stereocenters. The van der Waals surface area contributed by atoms with Gasteiger partial charge in [-0.25, -0.2) is 0 Å². The molecule has 1 N–H and O–H groups in total. The van der Waals surface area contributed by atoms with E-state index in [4.69, 9.17) is 0 Å². The lowest BCUT2D eigenvalue weighted by atomic mass is 10.2. The van der Waals surface area contributed by atoms with Gasteiger partial charge in [0.25, 0.3) is 5.91 Å².